The number of rotatable bonds is 4. The highest BCUT2D eigenvalue weighted by Gasteiger charge is 2.27. The van der Waals surface area contributed by atoms with Crippen molar-refractivity contribution >= 4 is 21.4 Å². The lowest BCUT2D eigenvalue weighted by Crippen LogP contribution is -2.33. The molecule has 1 aliphatic rings. The fourth-order valence-electron chi connectivity index (χ4n) is 3.97. The number of nitrogens with zero attached hydrogens (tertiary/aromatic N) is 2. The van der Waals surface area contributed by atoms with Crippen molar-refractivity contribution in [3.8, 4) is 16.9 Å². The summed E-state index contributed by atoms with van der Waals surface area (Å²) < 4.78 is 44.6. The number of fused-ring (bicyclic) bond motifs is 1. The molecule has 1 amide bonds. The van der Waals surface area contributed by atoms with Gasteiger partial charge >= 0.3 is 0 Å². The fourth-order valence-corrected chi connectivity index (χ4v) is 4.73. The van der Waals surface area contributed by atoms with E-state index in [9.17, 15) is 17.6 Å². The van der Waals surface area contributed by atoms with Crippen LogP contribution in [-0.4, -0.2) is 43.6 Å². The Labute approximate surface area is 191 Å². The van der Waals surface area contributed by atoms with Crippen molar-refractivity contribution in [3.63, 3.8) is 0 Å². The van der Waals surface area contributed by atoms with Crippen LogP contribution in [0.3, 0.4) is 0 Å². The SMILES string of the molecule is CCc1c(C(=O)N2CCOc3ccc(-c4cncc(N)c4)cc3C2)ccc(S(C)(=O)=O)c1F. The number of halogens is 1. The molecule has 7 nitrogen and oxygen atoms in total. The van der Waals surface area contributed by atoms with Crippen LogP contribution in [0.2, 0.25) is 0 Å². The van der Waals surface area contributed by atoms with E-state index in [1.807, 2.05) is 24.3 Å². The van der Waals surface area contributed by atoms with Crippen LogP contribution < -0.4 is 10.5 Å². The first-order valence-electron chi connectivity index (χ1n) is 10.5. The third-order valence-electron chi connectivity index (χ3n) is 5.61. The lowest BCUT2D eigenvalue weighted by molar-refractivity contribution is 0.0731. The van der Waals surface area contributed by atoms with E-state index in [0.717, 1.165) is 29.0 Å². The van der Waals surface area contributed by atoms with Gasteiger partial charge in [-0.2, -0.15) is 0 Å². The number of carbonyl (C=O) groups is 1. The van der Waals surface area contributed by atoms with Crippen LogP contribution in [0.4, 0.5) is 10.1 Å². The summed E-state index contributed by atoms with van der Waals surface area (Å²) in [4.78, 5) is 18.7. The molecule has 172 valence electrons. The number of aromatic nitrogens is 1. The van der Waals surface area contributed by atoms with E-state index in [-0.39, 0.29) is 36.6 Å². The molecule has 2 heterocycles. The summed E-state index contributed by atoms with van der Waals surface area (Å²) in [5, 5.41) is 0. The molecule has 3 aromatic rings. The molecule has 0 unspecified atom stereocenters. The lowest BCUT2D eigenvalue weighted by Gasteiger charge is -2.22. The van der Waals surface area contributed by atoms with Crippen molar-refractivity contribution in [1.82, 2.24) is 9.88 Å². The number of nitrogens with two attached hydrogens (primary N) is 1. The molecule has 4 rings (SSSR count). The first kappa shape index (κ1) is 22.7. The summed E-state index contributed by atoms with van der Waals surface area (Å²) in [5.74, 6) is -0.577. The molecule has 0 radical (unpaired) electrons. The van der Waals surface area contributed by atoms with Gasteiger partial charge in [-0.25, -0.2) is 12.8 Å². The minimum atomic E-state index is -3.75. The monoisotopic (exact) mass is 469 g/mol. The highest BCUT2D eigenvalue weighted by atomic mass is 32.2. The summed E-state index contributed by atoms with van der Waals surface area (Å²) in [7, 11) is -3.75. The predicted molar refractivity (Wildman–Crippen MR) is 123 cm³/mol. The van der Waals surface area contributed by atoms with Gasteiger partial charge in [-0.05, 0) is 42.3 Å². The zero-order chi connectivity index (χ0) is 23.8. The molecule has 0 bridgehead atoms. The molecule has 0 saturated carbocycles. The minimum absolute atomic E-state index is 0.0906. The number of anilines is 1. The van der Waals surface area contributed by atoms with Crippen LogP contribution in [0, 0.1) is 5.82 Å². The van der Waals surface area contributed by atoms with Gasteiger partial charge in [-0.3, -0.25) is 9.78 Å². The second-order valence-corrected chi connectivity index (χ2v) is 9.92. The third kappa shape index (κ3) is 4.54. The van der Waals surface area contributed by atoms with Crippen molar-refractivity contribution < 1.29 is 22.3 Å². The number of sulfone groups is 1. The lowest BCUT2D eigenvalue weighted by atomic mass is 10.0. The van der Waals surface area contributed by atoms with E-state index in [2.05, 4.69) is 4.98 Å². The van der Waals surface area contributed by atoms with Gasteiger partial charge in [0.2, 0.25) is 0 Å². The Morgan fingerprint density at radius 3 is 2.67 bits per heavy atom. The molecular formula is C24H24FN3O4S. The second-order valence-electron chi connectivity index (χ2n) is 7.93. The number of benzene rings is 2. The first-order chi connectivity index (χ1) is 15.7. The van der Waals surface area contributed by atoms with Crippen LogP contribution >= 0.6 is 0 Å². The standard InChI is InChI=1S/C24H24FN3O4S/c1-3-19-20(5-7-22(23(19)25)33(2,30)31)24(29)28-8-9-32-21-6-4-15(10-17(21)14-28)16-11-18(26)13-27-12-16/h4-7,10-13H,3,8-9,14,26H2,1-2H3. The van der Waals surface area contributed by atoms with Gasteiger partial charge in [0.15, 0.2) is 9.84 Å². The zero-order valence-corrected chi connectivity index (χ0v) is 19.2. The van der Waals surface area contributed by atoms with Crippen LogP contribution in [0.1, 0.15) is 28.4 Å². The van der Waals surface area contributed by atoms with E-state index in [4.69, 9.17) is 10.5 Å². The van der Waals surface area contributed by atoms with Gasteiger partial charge in [-0.1, -0.05) is 13.0 Å². The number of hydrogen-bond acceptors (Lipinski definition) is 6. The Kier molecular flexibility index (Phi) is 6.07. The molecular weight excluding hydrogens is 445 g/mol. The number of hydrogen-bond donors (Lipinski definition) is 1. The smallest absolute Gasteiger partial charge is 0.254 e. The van der Waals surface area contributed by atoms with Crippen LogP contribution in [0.15, 0.2) is 53.7 Å². The fraction of sp³-hybridized carbons (Fsp3) is 0.250. The van der Waals surface area contributed by atoms with E-state index in [0.29, 0.717) is 18.0 Å². The molecule has 0 aliphatic carbocycles. The molecule has 0 spiro atoms. The van der Waals surface area contributed by atoms with Gasteiger partial charge in [0.05, 0.1) is 12.2 Å². The van der Waals surface area contributed by atoms with E-state index >= 15 is 0 Å². The number of amides is 1. The molecule has 9 heteroatoms. The first-order valence-corrected chi connectivity index (χ1v) is 12.4. The minimum Gasteiger partial charge on any atom is -0.491 e. The molecule has 2 aromatic carbocycles. The van der Waals surface area contributed by atoms with Gasteiger partial charge in [0, 0.05) is 47.4 Å². The Hall–Kier alpha value is -3.46. The molecule has 1 aliphatic heterocycles. The van der Waals surface area contributed by atoms with Crippen LogP contribution in [0.5, 0.6) is 5.75 Å². The molecule has 33 heavy (non-hydrogen) atoms. The summed E-state index contributed by atoms with van der Waals surface area (Å²) in [5.41, 5.74) is 9.16. The molecule has 0 atom stereocenters. The predicted octanol–water partition coefficient (Wildman–Crippen LogP) is 3.47. The maximum Gasteiger partial charge on any atom is 0.254 e. The zero-order valence-electron chi connectivity index (χ0n) is 18.3. The largest absolute Gasteiger partial charge is 0.491 e. The molecule has 1 aromatic heterocycles. The van der Waals surface area contributed by atoms with E-state index in [1.165, 1.54) is 6.07 Å². The van der Waals surface area contributed by atoms with Crippen LogP contribution in [0.25, 0.3) is 11.1 Å². The van der Waals surface area contributed by atoms with E-state index < -0.39 is 20.5 Å². The Morgan fingerprint density at radius 2 is 1.97 bits per heavy atom. The number of pyridine rings is 1. The van der Waals surface area contributed by atoms with Crippen molar-refractivity contribution in [1.29, 1.82) is 0 Å². The maximum absolute atomic E-state index is 15.0. The van der Waals surface area contributed by atoms with Crippen LogP contribution in [-0.2, 0) is 22.8 Å². The summed E-state index contributed by atoms with van der Waals surface area (Å²) >= 11 is 0. The Morgan fingerprint density at radius 1 is 1.18 bits per heavy atom. The quantitative estimate of drug-likeness (QED) is 0.628. The topological polar surface area (TPSA) is 103 Å². The maximum atomic E-state index is 15.0. The van der Waals surface area contributed by atoms with Gasteiger partial charge in [0.1, 0.15) is 23.1 Å². The van der Waals surface area contributed by atoms with Crippen molar-refractivity contribution in [3.05, 3.63) is 71.3 Å². The third-order valence-corrected chi connectivity index (χ3v) is 6.73. The van der Waals surface area contributed by atoms with Crippen molar-refractivity contribution in [2.24, 2.45) is 0 Å². The number of nitrogen functional groups attached to an aromatic ring is 1. The summed E-state index contributed by atoms with van der Waals surface area (Å²) in [6.45, 7) is 2.54. The molecule has 2 N–H and O–H groups in total. The van der Waals surface area contributed by atoms with E-state index in [1.54, 1.807) is 24.2 Å². The number of ether oxygens (including phenoxy) is 1. The molecule has 0 fully saturated rings. The van der Waals surface area contributed by atoms with Gasteiger partial charge < -0.3 is 15.4 Å². The summed E-state index contributed by atoms with van der Waals surface area (Å²) in [6.07, 6.45) is 4.40. The highest BCUT2D eigenvalue weighted by Crippen LogP contribution is 2.31. The van der Waals surface area contributed by atoms with Crippen molar-refractivity contribution in [2.45, 2.75) is 24.8 Å². The Balaban J connectivity index is 1.69. The van der Waals surface area contributed by atoms with Gasteiger partial charge in [-0.15, -0.1) is 0 Å². The Bertz CT molecular complexity index is 1340. The average molecular weight is 470 g/mol. The summed E-state index contributed by atoms with van der Waals surface area (Å²) in [6, 6.07) is 10.0. The number of carbonyl (C=O) groups excluding carboxylic acids is 1. The second kappa shape index (κ2) is 8.82. The van der Waals surface area contributed by atoms with Crippen molar-refractivity contribution in [2.75, 3.05) is 25.1 Å². The highest BCUT2D eigenvalue weighted by molar-refractivity contribution is 7.90. The molecule has 0 saturated heterocycles. The average Bonchev–Trinajstić information content (AvgIpc) is 2.99. The van der Waals surface area contributed by atoms with Gasteiger partial charge in [0.25, 0.3) is 5.91 Å². The normalized spacial score (nSPS) is 13.7.